The van der Waals surface area contributed by atoms with E-state index in [4.69, 9.17) is 0 Å². The normalized spacial score (nSPS) is 13.2. The van der Waals surface area contributed by atoms with Gasteiger partial charge < -0.3 is 5.32 Å². The molecule has 0 saturated heterocycles. The van der Waals surface area contributed by atoms with Gasteiger partial charge in [0.15, 0.2) is 0 Å². The van der Waals surface area contributed by atoms with Crippen LogP contribution in [-0.4, -0.2) is 12.6 Å². The molecule has 1 heteroatoms. The van der Waals surface area contributed by atoms with Crippen LogP contribution in [0.25, 0.3) is 17.2 Å². The van der Waals surface area contributed by atoms with E-state index in [2.05, 4.69) is 86.8 Å². The van der Waals surface area contributed by atoms with Gasteiger partial charge in [-0.15, -0.1) is 0 Å². The molecule has 0 fully saturated rings. The zero-order valence-electron chi connectivity index (χ0n) is 13.3. The van der Waals surface area contributed by atoms with Crippen LogP contribution in [0.2, 0.25) is 0 Å². The molecule has 0 bridgehead atoms. The first kappa shape index (κ1) is 15.5. The molecule has 21 heavy (non-hydrogen) atoms. The van der Waals surface area contributed by atoms with Crippen LogP contribution >= 0.6 is 0 Å². The van der Waals surface area contributed by atoms with Gasteiger partial charge in [-0.2, -0.15) is 0 Å². The van der Waals surface area contributed by atoms with E-state index in [1.807, 2.05) is 0 Å². The second kappa shape index (κ2) is 7.80. The van der Waals surface area contributed by atoms with E-state index in [0.29, 0.717) is 6.04 Å². The van der Waals surface area contributed by atoms with Crippen molar-refractivity contribution in [1.82, 2.24) is 5.32 Å². The molecule has 2 rings (SSSR count). The molecule has 1 N–H and O–H groups in total. The van der Waals surface area contributed by atoms with Gasteiger partial charge in [0.2, 0.25) is 0 Å². The van der Waals surface area contributed by atoms with Gasteiger partial charge in [-0.1, -0.05) is 73.2 Å². The second-order valence-electron chi connectivity index (χ2n) is 5.55. The lowest BCUT2D eigenvalue weighted by atomic mass is 10.0. The average Bonchev–Trinajstić information content (AvgIpc) is 2.54. The smallest absolute Gasteiger partial charge is 0.0251 e. The molecular weight excluding hydrogens is 254 g/mol. The molecule has 0 spiro atoms. The molecule has 110 valence electrons. The minimum Gasteiger partial charge on any atom is -0.311 e. The number of benzene rings is 2. The highest BCUT2D eigenvalue weighted by Crippen LogP contribution is 2.20. The Hall–Kier alpha value is -1.86. The number of nitrogens with one attached hydrogen (secondary N) is 1. The molecule has 0 heterocycles. The van der Waals surface area contributed by atoms with Crippen molar-refractivity contribution in [2.75, 3.05) is 6.54 Å². The monoisotopic (exact) mass is 279 g/mol. The molecule has 2 aromatic rings. The number of hydrogen-bond donors (Lipinski definition) is 1. The van der Waals surface area contributed by atoms with Crippen LogP contribution in [-0.2, 0) is 0 Å². The fourth-order valence-electron chi connectivity index (χ4n) is 2.31. The van der Waals surface area contributed by atoms with Gasteiger partial charge in [0, 0.05) is 6.04 Å². The zero-order valence-corrected chi connectivity index (χ0v) is 13.3. The molecule has 1 unspecified atom stereocenters. The van der Waals surface area contributed by atoms with Crippen molar-refractivity contribution in [3.63, 3.8) is 0 Å². The maximum atomic E-state index is 3.52. The summed E-state index contributed by atoms with van der Waals surface area (Å²) in [5, 5.41) is 3.52. The minimum atomic E-state index is 0.429. The highest BCUT2D eigenvalue weighted by Gasteiger charge is 2.02. The third-order valence-corrected chi connectivity index (χ3v) is 3.80. The van der Waals surface area contributed by atoms with Crippen molar-refractivity contribution in [2.45, 2.75) is 33.2 Å². The third kappa shape index (κ3) is 4.57. The standard InChI is InChI=1S/C20H25N/c1-4-14-21-17(3)16(2)15-18-10-12-20(13-11-18)19-8-6-5-7-9-19/h5-13,15,17,21H,4,14H2,1-3H3/b16-15+. The highest BCUT2D eigenvalue weighted by atomic mass is 14.9. The lowest BCUT2D eigenvalue weighted by Gasteiger charge is -2.14. The summed E-state index contributed by atoms with van der Waals surface area (Å²) in [6.07, 6.45) is 3.44. The van der Waals surface area contributed by atoms with Gasteiger partial charge in [0.05, 0.1) is 0 Å². The maximum absolute atomic E-state index is 3.52. The number of hydrogen-bond acceptors (Lipinski definition) is 1. The van der Waals surface area contributed by atoms with Crippen molar-refractivity contribution in [1.29, 1.82) is 0 Å². The van der Waals surface area contributed by atoms with E-state index >= 15 is 0 Å². The van der Waals surface area contributed by atoms with Crippen LogP contribution in [0.1, 0.15) is 32.8 Å². The van der Waals surface area contributed by atoms with E-state index in [1.165, 1.54) is 28.7 Å². The maximum Gasteiger partial charge on any atom is 0.0251 e. The lowest BCUT2D eigenvalue weighted by Crippen LogP contribution is -2.27. The Balaban J connectivity index is 2.08. The van der Waals surface area contributed by atoms with Crippen molar-refractivity contribution >= 4 is 6.08 Å². The fraction of sp³-hybridized carbons (Fsp3) is 0.300. The van der Waals surface area contributed by atoms with Gasteiger partial charge in [0.25, 0.3) is 0 Å². The summed E-state index contributed by atoms with van der Waals surface area (Å²) in [5.41, 5.74) is 5.17. The first-order valence-electron chi connectivity index (χ1n) is 7.77. The SMILES string of the molecule is CCCNC(C)/C(C)=C/c1ccc(-c2ccccc2)cc1. The summed E-state index contributed by atoms with van der Waals surface area (Å²) in [5.74, 6) is 0. The van der Waals surface area contributed by atoms with Crippen molar-refractivity contribution in [3.05, 3.63) is 65.7 Å². The molecule has 1 nitrogen and oxygen atoms in total. The van der Waals surface area contributed by atoms with Crippen molar-refractivity contribution < 1.29 is 0 Å². The van der Waals surface area contributed by atoms with E-state index in [1.54, 1.807) is 0 Å². The van der Waals surface area contributed by atoms with Crippen LogP contribution in [0, 0.1) is 0 Å². The quantitative estimate of drug-likeness (QED) is 0.771. The molecule has 1 atom stereocenters. The van der Waals surface area contributed by atoms with Gasteiger partial charge in [-0.3, -0.25) is 0 Å². The predicted octanol–water partition coefficient (Wildman–Crippen LogP) is 5.15. The van der Waals surface area contributed by atoms with E-state index < -0.39 is 0 Å². The molecule has 0 aliphatic rings. The van der Waals surface area contributed by atoms with E-state index in [0.717, 1.165) is 6.54 Å². The Labute approximate surface area is 128 Å². The largest absolute Gasteiger partial charge is 0.311 e. The average molecular weight is 279 g/mol. The Morgan fingerprint density at radius 2 is 1.62 bits per heavy atom. The third-order valence-electron chi connectivity index (χ3n) is 3.80. The van der Waals surface area contributed by atoms with Crippen molar-refractivity contribution in [2.24, 2.45) is 0 Å². The topological polar surface area (TPSA) is 12.0 Å². The molecule has 0 saturated carbocycles. The Kier molecular flexibility index (Phi) is 5.77. The van der Waals surface area contributed by atoms with Crippen LogP contribution in [0.3, 0.4) is 0 Å². The molecule has 0 amide bonds. The fourth-order valence-corrected chi connectivity index (χ4v) is 2.31. The molecule has 0 aliphatic carbocycles. The van der Waals surface area contributed by atoms with Gasteiger partial charge in [0.1, 0.15) is 0 Å². The summed E-state index contributed by atoms with van der Waals surface area (Å²) in [7, 11) is 0. The van der Waals surface area contributed by atoms with Crippen LogP contribution in [0.15, 0.2) is 60.2 Å². The first-order valence-corrected chi connectivity index (χ1v) is 7.77. The molecule has 0 radical (unpaired) electrons. The lowest BCUT2D eigenvalue weighted by molar-refractivity contribution is 0.604. The van der Waals surface area contributed by atoms with Crippen molar-refractivity contribution in [3.8, 4) is 11.1 Å². The summed E-state index contributed by atoms with van der Waals surface area (Å²) in [6, 6.07) is 19.7. The van der Waals surface area contributed by atoms with Crippen LogP contribution < -0.4 is 5.32 Å². The first-order chi connectivity index (χ1) is 10.2. The minimum absolute atomic E-state index is 0.429. The Bertz CT molecular complexity index is 567. The number of rotatable bonds is 6. The summed E-state index contributed by atoms with van der Waals surface area (Å²) < 4.78 is 0. The van der Waals surface area contributed by atoms with Gasteiger partial charge in [-0.25, -0.2) is 0 Å². The summed E-state index contributed by atoms with van der Waals surface area (Å²) in [4.78, 5) is 0. The summed E-state index contributed by atoms with van der Waals surface area (Å²) >= 11 is 0. The molecule has 0 aliphatic heterocycles. The molecule has 2 aromatic carbocycles. The van der Waals surface area contributed by atoms with Gasteiger partial charge in [-0.05, 0) is 43.5 Å². The van der Waals surface area contributed by atoms with Gasteiger partial charge >= 0.3 is 0 Å². The molecular formula is C20H25N. The second-order valence-corrected chi connectivity index (χ2v) is 5.55. The van der Waals surface area contributed by atoms with E-state index in [9.17, 15) is 0 Å². The molecule has 0 aromatic heterocycles. The Morgan fingerprint density at radius 3 is 2.24 bits per heavy atom. The summed E-state index contributed by atoms with van der Waals surface area (Å²) in [6.45, 7) is 7.68. The van der Waals surface area contributed by atoms with E-state index in [-0.39, 0.29) is 0 Å². The highest BCUT2D eigenvalue weighted by molar-refractivity contribution is 5.66. The Morgan fingerprint density at radius 1 is 1.00 bits per heavy atom. The predicted molar refractivity (Wildman–Crippen MR) is 93.3 cm³/mol. The zero-order chi connectivity index (χ0) is 15.1. The van der Waals surface area contributed by atoms with Crippen LogP contribution in [0.5, 0.6) is 0 Å². The van der Waals surface area contributed by atoms with Crippen LogP contribution in [0.4, 0.5) is 0 Å².